The molecule has 0 saturated carbocycles. The molecular weight excluding hydrogens is 300 g/mol. The van der Waals surface area contributed by atoms with E-state index in [0.29, 0.717) is 5.75 Å². The summed E-state index contributed by atoms with van der Waals surface area (Å²) in [5, 5.41) is 5.69. The van der Waals surface area contributed by atoms with Crippen LogP contribution in [0.1, 0.15) is 5.69 Å². The Bertz CT molecular complexity index is 448. The zero-order valence-electron chi connectivity index (χ0n) is 8.10. The number of halogens is 1. The summed E-state index contributed by atoms with van der Waals surface area (Å²) in [6.45, 7) is 1.88. The van der Waals surface area contributed by atoms with Gasteiger partial charge in [0.05, 0.1) is 16.5 Å². The molecule has 4 nitrogen and oxygen atoms in total. The molecular formula is C8H11BrN2O2S2. The highest BCUT2D eigenvalue weighted by Crippen LogP contribution is 2.20. The minimum Gasteiger partial charge on any atom is -0.246 e. The van der Waals surface area contributed by atoms with Crippen LogP contribution >= 0.6 is 27.7 Å². The van der Waals surface area contributed by atoms with Gasteiger partial charge >= 0.3 is 0 Å². The third-order valence-electron chi connectivity index (χ3n) is 1.61. The number of nitrogens with two attached hydrogens (primary N) is 1. The highest BCUT2D eigenvalue weighted by Gasteiger charge is 2.04. The van der Waals surface area contributed by atoms with Crippen LogP contribution in [0.2, 0.25) is 0 Å². The van der Waals surface area contributed by atoms with Crippen LogP contribution in [-0.4, -0.2) is 24.9 Å². The van der Waals surface area contributed by atoms with Crippen LogP contribution < -0.4 is 5.14 Å². The van der Waals surface area contributed by atoms with Gasteiger partial charge in [0, 0.05) is 10.2 Å². The van der Waals surface area contributed by atoms with Crippen LogP contribution in [0.15, 0.2) is 21.6 Å². The molecule has 1 aromatic heterocycles. The topological polar surface area (TPSA) is 73.0 Å². The molecule has 0 radical (unpaired) electrons. The third kappa shape index (κ3) is 4.96. The van der Waals surface area contributed by atoms with Crippen molar-refractivity contribution in [2.24, 2.45) is 5.14 Å². The Hall–Kier alpha value is -0.110. The molecule has 7 heteroatoms. The molecule has 0 unspecified atom stereocenters. The summed E-state index contributed by atoms with van der Waals surface area (Å²) in [6.07, 6.45) is 0. The smallest absolute Gasteiger partial charge is 0.209 e. The number of rotatable bonds is 4. The average Bonchev–Trinajstić information content (AvgIpc) is 2.09. The summed E-state index contributed by atoms with van der Waals surface area (Å²) < 4.78 is 22.3. The van der Waals surface area contributed by atoms with Gasteiger partial charge in [0.25, 0.3) is 0 Å². The Kier molecular flexibility index (Phi) is 4.57. The van der Waals surface area contributed by atoms with Crippen LogP contribution in [-0.2, 0) is 10.0 Å². The standard InChI is InChI=1S/C8H11BrN2O2S2/c1-6-7(9)2-3-8(11-6)14-4-5-15(10,12)13/h2-3H,4-5H2,1H3,(H2,10,12,13). The number of hydrogen-bond donors (Lipinski definition) is 1. The van der Waals surface area contributed by atoms with E-state index >= 15 is 0 Å². The predicted octanol–water partition coefficient (Wildman–Crippen LogP) is 1.53. The van der Waals surface area contributed by atoms with E-state index in [1.54, 1.807) is 0 Å². The number of primary sulfonamides is 1. The molecule has 1 rings (SSSR count). The van der Waals surface area contributed by atoms with Gasteiger partial charge in [-0.15, -0.1) is 11.8 Å². The van der Waals surface area contributed by atoms with Gasteiger partial charge in [-0.3, -0.25) is 0 Å². The number of aryl methyl sites for hydroxylation is 1. The van der Waals surface area contributed by atoms with Crippen molar-refractivity contribution in [3.63, 3.8) is 0 Å². The molecule has 84 valence electrons. The highest BCUT2D eigenvalue weighted by atomic mass is 79.9. The molecule has 0 spiro atoms. The molecule has 0 fully saturated rings. The fourth-order valence-electron chi connectivity index (χ4n) is 0.864. The van der Waals surface area contributed by atoms with E-state index < -0.39 is 10.0 Å². The van der Waals surface area contributed by atoms with Crippen molar-refractivity contribution in [2.75, 3.05) is 11.5 Å². The largest absolute Gasteiger partial charge is 0.246 e. The lowest BCUT2D eigenvalue weighted by molar-refractivity contribution is 0.599. The monoisotopic (exact) mass is 310 g/mol. The molecule has 0 saturated heterocycles. The highest BCUT2D eigenvalue weighted by molar-refractivity contribution is 9.10. The van der Waals surface area contributed by atoms with E-state index in [9.17, 15) is 8.42 Å². The molecule has 0 bridgehead atoms. The number of pyridine rings is 1. The van der Waals surface area contributed by atoms with Gasteiger partial charge in [-0.1, -0.05) is 0 Å². The lowest BCUT2D eigenvalue weighted by atomic mass is 10.4. The van der Waals surface area contributed by atoms with Gasteiger partial charge in [0.15, 0.2) is 0 Å². The minimum absolute atomic E-state index is 0.0333. The van der Waals surface area contributed by atoms with Crippen molar-refractivity contribution in [2.45, 2.75) is 11.9 Å². The second kappa shape index (κ2) is 5.29. The second-order valence-corrected chi connectivity index (χ2v) is 6.64. The Morgan fingerprint density at radius 3 is 2.73 bits per heavy atom. The van der Waals surface area contributed by atoms with Gasteiger partial charge in [0.1, 0.15) is 0 Å². The normalized spacial score (nSPS) is 11.7. The molecule has 0 aliphatic carbocycles. The zero-order chi connectivity index (χ0) is 11.5. The van der Waals surface area contributed by atoms with Crippen molar-refractivity contribution < 1.29 is 8.42 Å². The van der Waals surface area contributed by atoms with Crippen LogP contribution in [0.3, 0.4) is 0 Å². The first-order chi connectivity index (χ1) is 6.88. The fourth-order valence-corrected chi connectivity index (χ4v) is 2.92. The first-order valence-electron chi connectivity index (χ1n) is 4.15. The number of nitrogens with zero attached hydrogens (tertiary/aromatic N) is 1. The van der Waals surface area contributed by atoms with E-state index in [1.807, 2.05) is 19.1 Å². The summed E-state index contributed by atoms with van der Waals surface area (Å²) in [4.78, 5) is 4.27. The molecule has 1 heterocycles. The molecule has 0 atom stereocenters. The van der Waals surface area contributed by atoms with Crippen LogP contribution in [0.5, 0.6) is 0 Å². The summed E-state index contributed by atoms with van der Waals surface area (Å²) in [5.74, 6) is 0.390. The molecule has 2 N–H and O–H groups in total. The van der Waals surface area contributed by atoms with Crippen molar-refractivity contribution in [3.05, 3.63) is 22.3 Å². The minimum atomic E-state index is -3.37. The summed E-state index contributed by atoms with van der Waals surface area (Å²) in [7, 11) is -3.37. The number of hydrogen-bond acceptors (Lipinski definition) is 4. The van der Waals surface area contributed by atoms with E-state index in [1.165, 1.54) is 11.8 Å². The first-order valence-corrected chi connectivity index (χ1v) is 7.64. The summed E-state index contributed by atoms with van der Waals surface area (Å²) in [6, 6.07) is 3.73. The Morgan fingerprint density at radius 1 is 1.53 bits per heavy atom. The van der Waals surface area contributed by atoms with E-state index in [4.69, 9.17) is 5.14 Å². The van der Waals surface area contributed by atoms with Crippen molar-refractivity contribution in [1.29, 1.82) is 0 Å². The maximum atomic E-state index is 10.7. The number of thioether (sulfide) groups is 1. The second-order valence-electron chi connectivity index (χ2n) is 2.93. The number of sulfonamides is 1. The van der Waals surface area contributed by atoms with E-state index in [-0.39, 0.29) is 5.75 Å². The molecule has 0 aliphatic heterocycles. The van der Waals surface area contributed by atoms with Gasteiger partial charge in [-0.25, -0.2) is 18.5 Å². The van der Waals surface area contributed by atoms with Gasteiger partial charge in [0.2, 0.25) is 10.0 Å². The molecule has 15 heavy (non-hydrogen) atoms. The predicted molar refractivity (Wildman–Crippen MR) is 65.4 cm³/mol. The fraction of sp³-hybridized carbons (Fsp3) is 0.375. The number of aromatic nitrogens is 1. The lowest BCUT2D eigenvalue weighted by Gasteiger charge is -2.02. The average molecular weight is 311 g/mol. The van der Waals surface area contributed by atoms with Crippen LogP contribution in [0.25, 0.3) is 0 Å². The van der Waals surface area contributed by atoms with E-state index in [0.717, 1.165) is 15.2 Å². The zero-order valence-corrected chi connectivity index (χ0v) is 11.3. The molecule has 1 aromatic rings. The van der Waals surface area contributed by atoms with Gasteiger partial charge < -0.3 is 0 Å². The maximum absolute atomic E-state index is 10.7. The third-order valence-corrected chi connectivity index (χ3v) is 4.41. The summed E-state index contributed by atoms with van der Waals surface area (Å²) >= 11 is 4.72. The van der Waals surface area contributed by atoms with Crippen molar-refractivity contribution >= 4 is 37.7 Å². The quantitative estimate of drug-likeness (QED) is 0.856. The van der Waals surface area contributed by atoms with Crippen molar-refractivity contribution in [3.8, 4) is 0 Å². The maximum Gasteiger partial charge on any atom is 0.209 e. The molecule has 0 aliphatic rings. The summed E-state index contributed by atoms with van der Waals surface area (Å²) in [5.41, 5.74) is 0.885. The Morgan fingerprint density at radius 2 is 2.20 bits per heavy atom. The van der Waals surface area contributed by atoms with Gasteiger partial charge in [-0.05, 0) is 35.0 Å². The molecule has 0 aromatic carbocycles. The van der Waals surface area contributed by atoms with Crippen LogP contribution in [0.4, 0.5) is 0 Å². The lowest BCUT2D eigenvalue weighted by Crippen LogP contribution is -2.17. The SMILES string of the molecule is Cc1nc(SCCS(N)(=O)=O)ccc1Br. The van der Waals surface area contributed by atoms with E-state index in [2.05, 4.69) is 20.9 Å². The Labute approximate surface area is 102 Å². The van der Waals surface area contributed by atoms with Gasteiger partial charge in [-0.2, -0.15) is 0 Å². The Balaban J connectivity index is 2.55. The molecule has 0 amide bonds. The van der Waals surface area contributed by atoms with Crippen molar-refractivity contribution in [1.82, 2.24) is 4.98 Å². The van der Waals surface area contributed by atoms with Crippen LogP contribution in [0, 0.1) is 6.92 Å². The first kappa shape index (κ1) is 13.0.